The molecule has 0 saturated carbocycles. The van der Waals surface area contributed by atoms with Gasteiger partial charge in [0.15, 0.2) is 0 Å². The van der Waals surface area contributed by atoms with Gasteiger partial charge in [0.05, 0.1) is 11.9 Å². The Hall–Kier alpha value is -2.29. The molecule has 2 rings (SSSR count). The van der Waals surface area contributed by atoms with E-state index in [1.165, 1.54) is 9.21 Å². The molecule has 2 aromatic carbocycles. The molecule has 10 heteroatoms. The third kappa shape index (κ3) is 9.20. The molecule has 0 aromatic heterocycles. The van der Waals surface area contributed by atoms with Crippen molar-refractivity contribution in [2.45, 2.75) is 60.0 Å². The number of halogens is 2. The van der Waals surface area contributed by atoms with Gasteiger partial charge in [0, 0.05) is 41.7 Å². The molecule has 0 saturated heterocycles. The van der Waals surface area contributed by atoms with Crippen molar-refractivity contribution in [3.05, 3.63) is 63.1 Å². The van der Waals surface area contributed by atoms with E-state index >= 15 is 0 Å². The van der Waals surface area contributed by atoms with E-state index < -0.39 is 16.1 Å². The van der Waals surface area contributed by atoms with Crippen molar-refractivity contribution in [2.75, 3.05) is 23.7 Å². The minimum Gasteiger partial charge on any atom is -0.354 e. The van der Waals surface area contributed by atoms with E-state index in [9.17, 15) is 18.0 Å². The topological polar surface area (TPSA) is 86.8 Å². The van der Waals surface area contributed by atoms with E-state index in [0.717, 1.165) is 17.4 Å². The number of rotatable bonds is 12. The molecule has 2 amide bonds. The van der Waals surface area contributed by atoms with Gasteiger partial charge in [0.25, 0.3) is 0 Å². The summed E-state index contributed by atoms with van der Waals surface area (Å²) in [5, 5.41) is 3.67. The Morgan fingerprint density at radius 2 is 1.57 bits per heavy atom. The molecule has 204 valence electrons. The summed E-state index contributed by atoms with van der Waals surface area (Å²) in [6, 6.07) is 9.89. The van der Waals surface area contributed by atoms with Crippen molar-refractivity contribution >= 4 is 50.7 Å². The van der Waals surface area contributed by atoms with Gasteiger partial charge in [0.2, 0.25) is 21.8 Å². The van der Waals surface area contributed by atoms with E-state index in [1.807, 2.05) is 45.9 Å². The van der Waals surface area contributed by atoms with Crippen LogP contribution >= 0.6 is 23.2 Å². The van der Waals surface area contributed by atoms with Gasteiger partial charge in [-0.2, -0.15) is 0 Å². The summed E-state index contributed by atoms with van der Waals surface area (Å²) in [6.45, 7) is 10.1. The fourth-order valence-electron chi connectivity index (χ4n) is 3.99. The number of nitrogens with zero attached hydrogens (tertiary/aromatic N) is 2. The van der Waals surface area contributed by atoms with Crippen LogP contribution in [-0.2, 0) is 26.2 Å². The number of amides is 2. The monoisotopic (exact) mass is 569 g/mol. The van der Waals surface area contributed by atoms with E-state index in [0.29, 0.717) is 27.8 Å². The van der Waals surface area contributed by atoms with Crippen molar-refractivity contribution in [2.24, 2.45) is 5.92 Å². The molecule has 0 aliphatic rings. The van der Waals surface area contributed by atoms with Crippen LogP contribution in [0.5, 0.6) is 0 Å². The molecule has 7 nitrogen and oxygen atoms in total. The fraction of sp³-hybridized carbons (Fsp3) is 0.481. The molecular weight excluding hydrogens is 533 g/mol. The van der Waals surface area contributed by atoms with Crippen molar-refractivity contribution in [3.63, 3.8) is 0 Å². The van der Waals surface area contributed by atoms with Crippen LogP contribution < -0.4 is 9.62 Å². The summed E-state index contributed by atoms with van der Waals surface area (Å²) in [5.41, 5.74) is 3.01. The SMILES string of the molecule is Cc1cc(C)cc(N(CCCC(=O)N(Cc2c(Cl)cccc2Cl)[C@H](C)C(=O)NCC(C)C)S(C)(=O)=O)c1. The molecule has 0 bridgehead atoms. The molecule has 0 aliphatic carbocycles. The van der Waals surface area contributed by atoms with Gasteiger partial charge >= 0.3 is 0 Å². The largest absolute Gasteiger partial charge is 0.354 e. The molecule has 37 heavy (non-hydrogen) atoms. The van der Waals surface area contributed by atoms with Crippen LogP contribution in [0.4, 0.5) is 5.69 Å². The number of carbonyl (C=O) groups excluding carboxylic acids is 2. The first-order chi connectivity index (χ1) is 17.2. The molecule has 0 fully saturated rings. The number of anilines is 1. The smallest absolute Gasteiger partial charge is 0.242 e. The molecule has 0 heterocycles. The Balaban J connectivity index is 2.24. The normalized spacial score (nSPS) is 12.4. The van der Waals surface area contributed by atoms with Gasteiger partial charge in [0.1, 0.15) is 6.04 Å². The zero-order chi connectivity index (χ0) is 27.9. The van der Waals surface area contributed by atoms with Gasteiger partial charge in [-0.1, -0.05) is 49.2 Å². The molecule has 1 atom stereocenters. The summed E-state index contributed by atoms with van der Waals surface area (Å²) in [5.74, 6) is -0.319. The average molecular weight is 571 g/mol. The molecule has 0 radical (unpaired) electrons. The zero-order valence-electron chi connectivity index (χ0n) is 22.3. The third-order valence-electron chi connectivity index (χ3n) is 5.89. The van der Waals surface area contributed by atoms with Crippen LogP contribution in [0.2, 0.25) is 10.0 Å². The van der Waals surface area contributed by atoms with Crippen LogP contribution in [0.25, 0.3) is 0 Å². The van der Waals surface area contributed by atoms with Crippen LogP contribution in [0.3, 0.4) is 0 Å². The number of sulfonamides is 1. The lowest BCUT2D eigenvalue weighted by Crippen LogP contribution is -2.48. The number of aryl methyl sites for hydroxylation is 2. The number of benzene rings is 2. The van der Waals surface area contributed by atoms with Crippen molar-refractivity contribution < 1.29 is 18.0 Å². The maximum absolute atomic E-state index is 13.4. The Kier molecular flexibility index (Phi) is 11.3. The van der Waals surface area contributed by atoms with Crippen LogP contribution in [0, 0.1) is 19.8 Å². The zero-order valence-corrected chi connectivity index (χ0v) is 24.7. The summed E-state index contributed by atoms with van der Waals surface area (Å²) in [6.07, 6.45) is 1.46. The van der Waals surface area contributed by atoms with Crippen LogP contribution in [0.15, 0.2) is 36.4 Å². The Morgan fingerprint density at radius 1 is 1.00 bits per heavy atom. The Morgan fingerprint density at radius 3 is 2.08 bits per heavy atom. The molecular formula is C27H37Cl2N3O4S. The van der Waals surface area contributed by atoms with E-state index in [1.54, 1.807) is 25.1 Å². The van der Waals surface area contributed by atoms with Gasteiger partial charge in [-0.3, -0.25) is 13.9 Å². The van der Waals surface area contributed by atoms with Crippen molar-refractivity contribution in [1.82, 2.24) is 10.2 Å². The predicted molar refractivity (Wildman–Crippen MR) is 152 cm³/mol. The maximum atomic E-state index is 13.4. The third-order valence-corrected chi connectivity index (χ3v) is 7.79. The lowest BCUT2D eigenvalue weighted by Gasteiger charge is -2.30. The van der Waals surface area contributed by atoms with Gasteiger partial charge < -0.3 is 10.2 Å². The van der Waals surface area contributed by atoms with E-state index in [2.05, 4.69) is 5.32 Å². The summed E-state index contributed by atoms with van der Waals surface area (Å²) in [7, 11) is -3.57. The first-order valence-corrected chi connectivity index (χ1v) is 14.9. The standard InChI is InChI=1S/C27H37Cl2N3O4S/c1-18(2)16-30-27(34)21(5)31(17-23-24(28)9-7-10-25(23)29)26(33)11-8-12-32(37(6,35)36)22-14-19(3)13-20(4)15-22/h7,9-10,13-15,18,21H,8,11-12,16-17H2,1-6H3,(H,30,34)/t21-/m1/s1. The van der Waals surface area contributed by atoms with Crippen LogP contribution in [0.1, 0.15) is 50.3 Å². The first-order valence-electron chi connectivity index (χ1n) is 12.3. The van der Waals surface area contributed by atoms with E-state index in [4.69, 9.17) is 23.2 Å². The Bertz CT molecular complexity index is 1180. The quantitative estimate of drug-likeness (QED) is 0.373. The van der Waals surface area contributed by atoms with Gasteiger partial charge in [-0.15, -0.1) is 0 Å². The fourth-order valence-corrected chi connectivity index (χ4v) is 5.45. The van der Waals surface area contributed by atoms with Gasteiger partial charge in [-0.05, 0) is 68.5 Å². The van der Waals surface area contributed by atoms with E-state index in [-0.39, 0.29) is 43.7 Å². The number of hydrogen-bond donors (Lipinski definition) is 1. The summed E-state index contributed by atoms with van der Waals surface area (Å²) in [4.78, 5) is 27.7. The summed E-state index contributed by atoms with van der Waals surface area (Å²) >= 11 is 12.7. The molecule has 2 aromatic rings. The molecule has 0 aliphatic heterocycles. The molecule has 0 spiro atoms. The average Bonchev–Trinajstić information content (AvgIpc) is 2.78. The minimum absolute atomic E-state index is 0.0424. The first kappa shape index (κ1) is 30.9. The second-order valence-corrected chi connectivity index (χ2v) is 12.5. The maximum Gasteiger partial charge on any atom is 0.242 e. The summed E-state index contributed by atoms with van der Waals surface area (Å²) < 4.78 is 26.4. The van der Waals surface area contributed by atoms with Gasteiger partial charge in [-0.25, -0.2) is 8.42 Å². The number of hydrogen-bond acceptors (Lipinski definition) is 4. The lowest BCUT2D eigenvalue weighted by atomic mass is 10.1. The van der Waals surface area contributed by atoms with Crippen molar-refractivity contribution in [1.29, 1.82) is 0 Å². The van der Waals surface area contributed by atoms with Crippen molar-refractivity contribution in [3.8, 4) is 0 Å². The second-order valence-electron chi connectivity index (χ2n) is 9.82. The minimum atomic E-state index is -3.57. The highest BCUT2D eigenvalue weighted by atomic mass is 35.5. The highest BCUT2D eigenvalue weighted by Gasteiger charge is 2.28. The Labute approximate surface area is 231 Å². The number of nitrogens with one attached hydrogen (secondary N) is 1. The lowest BCUT2D eigenvalue weighted by molar-refractivity contribution is -0.140. The predicted octanol–water partition coefficient (Wildman–Crippen LogP) is 5.35. The molecule has 0 unspecified atom stereocenters. The highest BCUT2D eigenvalue weighted by Crippen LogP contribution is 2.27. The van der Waals surface area contributed by atoms with Crippen LogP contribution in [-0.4, -0.2) is 50.5 Å². The highest BCUT2D eigenvalue weighted by molar-refractivity contribution is 7.92. The molecule has 1 N–H and O–H groups in total. The second kappa shape index (κ2) is 13.5. The number of carbonyl (C=O) groups is 2.